The number of rotatable bonds is 8. The van der Waals surface area contributed by atoms with E-state index in [0.717, 1.165) is 38.2 Å². The van der Waals surface area contributed by atoms with Crippen LogP contribution in [0.15, 0.2) is 53.5 Å². The number of aryl methyl sites for hydroxylation is 1. The summed E-state index contributed by atoms with van der Waals surface area (Å²) in [5.41, 5.74) is 3.20. The highest BCUT2D eigenvalue weighted by atomic mass is 16.4. The van der Waals surface area contributed by atoms with E-state index in [1.165, 1.54) is 5.56 Å². The molecule has 33 heavy (non-hydrogen) atoms. The Balaban J connectivity index is 1.70. The summed E-state index contributed by atoms with van der Waals surface area (Å²) in [4.78, 5) is 32.5. The van der Waals surface area contributed by atoms with Crippen molar-refractivity contribution >= 4 is 23.5 Å². The third-order valence-electron chi connectivity index (χ3n) is 5.51. The van der Waals surface area contributed by atoms with Gasteiger partial charge in [0.15, 0.2) is 5.96 Å². The number of carboxylic acid groups (broad SMARTS) is 1. The zero-order chi connectivity index (χ0) is 23.6. The minimum absolute atomic E-state index is 0.0576. The van der Waals surface area contributed by atoms with Crippen LogP contribution in [0.3, 0.4) is 0 Å². The lowest BCUT2D eigenvalue weighted by atomic mass is 10.1. The third-order valence-corrected chi connectivity index (χ3v) is 5.51. The standard InChI is InChI=1S/C25H33N5O3/c1-3-11-26-23(31)18-29-12-14-30(15-13-29)25(27-17-20-9-7-19(2)8-10-20)28-22-6-4-5-21(16-22)24(32)33/h4-10,16H,3,11-15,17-18H2,1-2H3,(H,26,31)(H,27,28)(H,32,33). The molecule has 2 aromatic carbocycles. The number of aromatic carboxylic acids is 1. The molecule has 0 spiro atoms. The minimum atomic E-state index is -0.966. The Bertz CT molecular complexity index is 966. The third kappa shape index (κ3) is 7.61. The molecule has 0 unspecified atom stereocenters. The maximum absolute atomic E-state index is 12.0. The highest BCUT2D eigenvalue weighted by molar-refractivity contribution is 5.95. The van der Waals surface area contributed by atoms with Crippen LogP contribution in [-0.4, -0.2) is 72.0 Å². The fraction of sp³-hybridized carbons (Fsp3) is 0.400. The lowest BCUT2D eigenvalue weighted by Crippen LogP contribution is -2.52. The van der Waals surface area contributed by atoms with Crippen LogP contribution in [0.5, 0.6) is 0 Å². The maximum atomic E-state index is 12.0. The second-order valence-corrected chi connectivity index (χ2v) is 8.25. The SMILES string of the molecule is CCCNC(=O)CN1CCN(C(=NCc2ccc(C)cc2)Nc2cccc(C(=O)O)c2)CC1. The fourth-order valence-electron chi connectivity index (χ4n) is 3.58. The molecule has 1 saturated heterocycles. The quantitative estimate of drug-likeness (QED) is 0.422. The van der Waals surface area contributed by atoms with Crippen molar-refractivity contribution in [3.63, 3.8) is 0 Å². The molecule has 1 aliphatic rings. The number of anilines is 1. The molecule has 0 aliphatic carbocycles. The summed E-state index contributed by atoms with van der Waals surface area (Å²) < 4.78 is 0. The smallest absolute Gasteiger partial charge is 0.335 e. The first kappa shape index (κ1) is 24.3. The number of carbonyl (C=O) groups is 2. The van der Waals surface area contributed by atoms with Gasteiger partial charge in [-0.2, -0.15) is 0 Å². The van der Waals surface area contributed by atoms with E-state index in [-0.39, 0.29) is 11.5 Å². The molecule has 0 bridgehead atoms. The van der Waals surface area contributed by atoms with Crippen LogP contribution in [0.25, 0.3) is 0 Å². The van der Waals surface area contributed by atoms with Crippen LogP contribution in [0, 0.1) is 6.92 Å². The van der Waals surface area contributed by atoms with Crippen molar-refractivity contribution in [2.45, 2.75) is 26.8 Å². The first-order chi connectivity index (χ1) is 15.9. The number of carbonyl (C=O) groups excluding carboxylic acids is 1. The Labute approximate surface area is 195 Å². The van der Waals surface area contributed by atoms with Gasteiger partial charge in [-0.15, -0.1) is 0 Å². The lowest BCUT2D eigenvalue weighted by Gasteiger charge is -2.36. The van der Waals surface area contributed by atoms with E-state index in [1.807, 2.05) is 13.0 Å². The average molecular weight is 452 g/mol. The number of piperazine rings is 1. The van der Waals surface area contributed by atoms with E-state index in [4.69, 9.17) is 4.99 Å². The van der Waals surface area contributed by atoms with Crippen LogP contribution in [-0.2, 0) is 11.3 Å². The highest BCUT2D eigenvalue weighted by Gasteiger charge is 2.21. The molecule has 2 aromatic rings. The largest absolute Gasteiger partial charge is 0.478 e. The molecule has 8 heteroatoms. The first-order valence-corrected chi connectivity index (χ1v) is 11.4. The second kappa shape index (κ2) is 12.0. The van der Waals surface area contributed by atoms with Gasteiger partial charge in [0, 0.05) is 38.4 Å². The van der Waals surface area contributed by atoms with E-state index >= 15 is 0 Å². The molecule has 3 rings (SSSR count). The maximum Gasteiger partial charge on any atom is 0.335 e. The van der Waals surface area contributed by atoms with Crippen molar-refractivity contribution in [1.29, 1.82) is 0 Å². The van der Waals surface area contributed by atoms with Crippen molar-refractivity contribution in [3.05, 3.63) is 65.2 Å². The Hall–Kier alpha value is -3.39. The van der Waals surface area contributed by atoms with E-state index in [2.05, 4.69) is 51.6 Å². The minimum Gasteiger partial charge on any atom is -0.478 e. The Morgan fingerprint density at radius 1 is 1.06 bits per heavy atom. The summed E-state index contributed by atoms with van der Waals surface area (Å²) in [5, 5.41) is 15.6. The molecular formula is C25H33N5O3. The molecule has 0 radical (unpaired) electrons. The van der Waals surface area contributed by atoms with Crippen LogP contribution in [0.1, 0.15) is 34.8 Å². The molecule has 0 atom stereocenters. The first-order valence-electron chi connectivity index (χ1n) is 11.4. The lowest BCUT2D eigenvalue weighted by molar-refractivity contribution is -0.122. The van der Waals surface area contributed by atoms with E-state index in [1.54, 1.807) is 18.2 Å². The summed E-state index contributed by atoms with van der Waals surface area (Å²) >= 11 is 0. The molecule has 1 heterocycles. The topological polar surface area (TPSA) is 97.3 Å². The number of carboxylic acids is 1. The molecule has 1 amide bonds. The van der Waals surface area contributed by atoms with Gasteiger partial charge >= 0.3 is 5.97 Å². The normalized spacial score (nSPS) is 14.7. The number of amides is 1. The van der Waals surface area contributed by atoms with Gasteiger partial charge in [0.05, 0.1) is 18.7 Å². The fourth-order valence-corrected chi connectivity index (χ4v) is 3.58. The van der Waals surface area contributed by atoms with Gasteiger partial charge in [0.2, 0.25) is 5.91 Å². The van der Waals surface area contributed by atoms with Gasteiger partial charge in [-0.05, 0) is 37.1 Å². The van der Waals surface area contributed by atoms with Crippen molar-refractivity contribution in [2.24, 2.45) is 4.99 Å². The predicted molar refractivity (Wildman–Crippen MR) is 131 cm³/mol. The summed E-state index contributed by atoms with van der Waals surface area (Å²) in [6.45, 7) is 8.65. The summed E-state index contributed by atoms with van der Waals surface area (Å²) in [6, 6.07) is 15.0. The van der Waals surface area contributed by atoms with Gasteiger partial charge in [-0.25, -0.2) is 9.79 Å². The van der Waals surface area contributed by atoms with Crippen LogP contribution in [0.4, 0.5) is 5.69 Å². The zero-order valence-corrected chi connectivity index (χ0v) is 19.4. The Morgan fingerprint density at radius 3 is 2.45 bits per heavy atom. The molecular weight excluding hydrogens is 418 g/mol. The van der Waals surface area contributed by atoms with Gasteiger partial charge in [0.25, 0.3) is 0 Å². The van der Waals surface area contributed by atoms with E-state index in [0.29, 0.717) is 31.3 Å². The predicted octanol–water partition coefficient (Wildman–Crippen LogP) is 2.81. The van der Waals surface area contributed by atoms with Crippen LogP contribution in [0.2, 0.25) is 0 Å². The number of hydrogen-bond donors (Lipinski definition) is 3. The summed E-state index contributed by atoms with van der Waals surface area (Å²) in [7, 11) is 0. The van der Waals surface area contributed by atoms with Gasteiger partial charge in [-0.1, -0.05) is 42.8 Å². The number of benzene rings is 2. The molecule has 0 saturated carbocycles. The number of guanidine groups is 1. The molecule has 0 aromatic heterocycles. The van der Waals surface area contributed by atoms with Gasteiger partial charge in [0.1, 0.15) is 0 Å². The van der Waals surface area contributed by atoms with Gasteiger partial charge in [-0.3, -0.25) is 9.69 Å². The zero-order valence-electron chi connectivity index (χ0n) is 19.4. The molecule has 8 nitrogen and oxygen atoms in total. The highest BCUT2D eigenvalue weighted by Crippen LogP contribution is 2.14. The van der Waals surface area contributed by atoms with Crippen molar-refractivity contribution < 1.29 is 14.7 Å². The summed E-state index contributed by atoms with van der Waals surface area (Å²) in [5.74, 6) is -0.206. The number of nitrogens with zero attached hydrogens (tertiary/aromatic N) is 3. The van der Waals surface area contributed by atoms with Crippen LogP contribution < -0.4 is 10.6 Å². The van der Waals surface area contributed by atoms with E-state index < -0.39 is 5.97 Å². The molecule has 176 valence electrons. The second-order valence-electron chi connectivity index (χ2n) is 8.25. The monoisotopic (exact) mass is 451 g/mol. The molecule has 1 fully saturated rings. The van der Waals surface area contributed by atoms with Crippen molar-refractivity contribution in [2.75, 3.05) is 44.6 Å². The van der Waals surface area contributed by atoms with Crippen molar-refractivity contribution in [3.8, 4) is 0 Å². The summed E-state index contributed by atoms with van der Waals surface area (Å²) in [6.07, 6.45) is 0.926. The Kier molecular flexibility index (Phi) is 8.83. The number of aliphatic imine (C=N–C) groups is 1. The molecule has 1 aliphatic heterocycles. The number of hydrogen-bond acceptors (Lipinski definition) is 4. The van der Waals surface area contributed by atoms with Crippen molar-refractivity contribution in [1.82, 2.24) is 15.1 Å². The molecule has 3 N–H and O–H groups in total. The average Bonchev–Trinajstić information content (AvgIpc) is 2.82. The van der Waals surface area contributed by atoms with E-state index in [9.17, 15) is 14.7 Å². The number of nitrogens with one attached hydrogen (secondary N) is 2. The van der Waals surface area contributed by atoms with Gasteiger partial charge < -0.3 is 20.6 Å². The Morgan fingerprint density at radius 2 is 1.79 bits per heavy atom. The van der Waals surface area contributed by atoms with Crippen LogP contribution >= 0.6 is 0 Å².